The molecule has 1 aromatic carbocycles. The summed E-state index contributed by atoms with van der Waals surface area (Å²) in [5, 5.41) is 15.1. The van der Waals surface area contributed by atoms with E-state index in [4.69, 9.17) is 11.6 Å². The Morgan fingerprint density at radius 1 is 1.27 bits per heavy atom. The lowest BCUT2D eigenvalue weighted by Gasteiger charge is -2.14. The number of carbonyl (C=O) groups is 1. The Kier molecular flexibility index (Phi) is 4.87. The molecule has 2 N–H and O–H groups in total. The summed E-state index contributed by atoms with van der Waals surface area (Å²) in [5.41, 5.74) is 2.43. The molecule has 1 atom stereocenters. The lowest BCUT2D eigenvalue weighted by Crippen LogP contribution is -2.19. The number of hydrogen-bond donors (Lipinski definition) is 2. The predicted octanol–water partition coefficient (Wildman–Crippen LogP) is 4.29. The van der Waals surface area contributed by atoms with Gasteiger partial charge in [0, 0.05) is 28.4 Å². The van der Waals surface area contributed by atoms with E-state index in [0.717, 1.165) is 11.4 Å². The van der Waals surface area contributed by atoms with Crippen LogP contribution in [0.25, 0.3) is 5.69 Å². The summed E-state index contributed by atoms with van der Waals surface area (Å²) in [4.78, 5) is 12.5. The lowest BCUT2D eigenvalue weighted by atomic mass is 9.92. The zero-order valence-corrected chi connectivity index (χ0v) is 16.0. The highest BCUT2D eigenvalue weighted by Crippen LogP contribution is 2.23. The lowest BCUT2D eigenvalue weighted by molar-refractivity contribution is -0.117. The summed E-state index contributed by atoms with van der Waals surface area (Å²) >= 11 is 6.02. The summed E-state index contributed by atoms with van der Waals surface area (Å²) in [6.07, 6.45) is 1.82. The molecule has 0 aliphatic rings. The zero-order valence-electron chi connectivity index (χ0n) is 15.2. The molecule has 0 saturated carbocycles. The molecule has 3 rings (SSSR count). The van der Waals surface area contributed by atoms with Crippen molar-refractivity contribution >= 4 is 23.3 Å². The molecule has 7 heteroatoms. The van der Waals surface area contributed by atoms with Crippen LogP contribution in [-0.4, -0.2) is 25.9 Å². The van der Waals surface area contributed by atoms with E-state index in [-0.39, 0.29) is 11.3 Å². The van der Waals surface area contributed by atoms with E-state index in [2.05, 4.69) is 41.4 Å². The van der Waals surface area contributed by atoms with Crippen LogP contribution in [0.1, 0.15) is 45.0 Å². The molecule has 26 heavy (non-hydrogen) atoms. The van der Waals surface area contributed by atoms with Crippen molar-refractivity contribution in [1.82, 2.24) is 20.0 Å². The van der Waals surface area contributed by atoms with E-state index in [0.29, 0.717) is 16.5 Å². The minimum atomic E-state index is -0.412. The van der Waals surface area contributed by atoms with Crippen LogP contribution in [0.3, 0.4) is 0 Å². The number of benzene rings is 1. The highest BCUT2D eigenvalue weighted by atomic mass is 35.5. The molecule has 1 unspecified atom stereocenters. The third-order valence-electron chi connectivity index (χ3n) is 4.16. The van der Waals surface area contributed by atoms with Gasteiger partial charge in [-0.1, -0.05) is 38.4 Å². The first-order valence-electron chi connectivity index (χ1n) is 8.42. The molecule has 136 valence electrons. The molecular formula is C19H22ClN5O. The van der Waals surface area contributed by atoms with Gasteiger partial charge in [-0.05, 0) is 31.2 Å². The Labute approximate surface area is 157 Å². The van der Waals surface area contributed by atoms with Gasteiger partial charge in [-0.25, -0.2) is 4.68 Å². The molecule has 0 fully saturated rings. The van der Waals surface area contributed by atoms with Crippen molar-refractivity contribution in [2.75, 3.05) is 5.32 Å². The van der Waals surface area contributed by atoms with Crippen molar-refractivity contribution < 1.29 is 4.79 Å². The van der Waals surface area contributed by atoms with Crippen molar-refractivity contribution in [2.24, 2.45) is 0 Å². The first-order valence-corrected chi connectivity index (χ1v) is 8.80. The van der Waals surface area contributed by atoms with E-state index in [9.17, 15) is 4.79 Å². The molecule has 0 radical (unpaired) electrons. The fourth-order valence-electron chi connectivity index (χ4n) is 2.47. The van der Waals surface area contributed by atoms with Gasteiger partial charge in [0.05, 0.1) is 17.3 Å². The van der Waals surface area contributed by atoms with Gasteiger partial charge in [0.15, 0.2) is 5.82 Å². The summed E-state index contributed by atoms with van der Waals surface area (Å²) in [5.74, 6) is -0.0560. The number of carbonyl (C=O) groups excluding carboxylic acids is 1. The molecule has 0 bridgehead atoms. The Hall–Kier alpha value is -2.60. The standard InChI is InChI=1S/C19H22ClN5O/c1-12(18(26)21-17-11-16(22-23-17)19(2,3)4)15-8-9-25(24-15)14-7-5-6-13(20)10-14/h5-12H,1-4H3,(H2,21,22,23,26). The molecule has 0 spiro atoms. The Morgan fingerprint density at radius 3 is 2.69 bits per heavy atom. The predicted molar refractivity (Wildman–Crippen MR) is 103 cm³/mol. The topological polar surface area (TPSA) is 75.6 Å². The van der Waals surface area contributed by atoms with Crippen LogP contribution in [0.4, 0.5) is 5.82 Å². The number of aromatic nitrogens is 4. The van der Waals surface area contributed by atoms with Gasteiger partial charge >= 0.3 is 0 Å². The maximum Gasteiger partial charge on any atom is 0.234 e. The Morgan fingerprint density at radius 2 is 2.04 bits per heavy atom. The number of anilines is 1. The third-order valence-corrected chi connectivity index (χ3v) is 4.39. The minimum Gasteiger partial charge on any atom is -0.309 e. The monoisotopic (exact) mass is 371 g/mol. The molecular weight excluding hydrogens is 350 g/mol. The van der Waals surface area contributed by atoms with Gasteiger partial charge in [0.25, 0.3) is 0 Å². The van der Waals surface area contributed by atoms with Crippen LogP contribution in [0, 0.1) is 0 Å². The maximum absolute atomic E-state index is 12.5. The highest BCUT2D eigenvalue weighted by molar-refractivity contribution is 6.30. The average Bonchev–Trinajstić information content (AvgIpc) is 3.23. The molecule has 0 aliphatic carbocycles. The van der Waals surface area contributed by atoms with Crippen LogP contribution >= 0.6 is 11.6 Å². The molecule has 0 aliphatic heterocycles. The SMILES string of the molecule is CC(C(=O)Nc1cc(C(C)(C)C)[nH]n1)c1ccn(-c2cccc(Cl)c2)n1. The molecule has 6 nitrogen and oxygen atoms in total. The number of amides is 1. The Balaban J connectivity index is 1.72. The molecule has 1 amide bonds. The summed E-state index contributed by atoms with van der Waals surface area (Å²) in [7, 11) is 0. The van der Waals surface area contributed by atoms with E-state index >= 15 is 0 Å². The van der Waals surface area contributed by atoms with Gasteiger partial charge < -0.3 is 5.32 Å². The van der Waals surface area contributed by atoms with Crippen molar-refractivity contribution in [3.05, 3.63) is 59.0 Å². The van der Waals surface area contributed by atoms with Crippen LogP contribution < -0.4 is 5.32 Å². The first-order chi connectivity index (χ1) is 12.2. The van der Waals surface area contributed by atoms with Crippen LogP contribution in [0.15, 0.2) is 42.6 Å². The van der Waals surface area contributed by atoms with Gasteiger partial charge in [-0.2, -0.15) is 10.2 Å². The summed E-state index contributed by atoms with van der Waals surface area (Å²) in [6.45, 7) is 8.06. The van der Waals surface area contributed by atoms with Crippen LogP contribution in [0.5, 0.6) is 0 Å². The fraction of sp³-hybridized carbons (Fsp3) is 0.316. The van der Waals surface area contributed by atoms with Gasteiger partial charge in [-0.3, -0.25) is 9.89 Å². The maximum atomic E-state index is 12.5. The minimum absolute atomic E-state index is 0.0582. The number of rotatable bonds is 4. The fourth-order valence-corrected chi connectivity index (χ4v) is 2.65. The summed E-state index contributed by atoms with van der Waals surface area (Å²) < 4.78 is 1.71. The number of H-pyrrole nitrogens is 1. The second kappa shape index (κ2) is 6.96. The van der Waals surface area contributed by atoms with Crippen molar-refractivity contribution in [3.63, 3.8) is 0 Å². The zero-order chi connectivity index (χ0) is 18.9. The van der Waals surface area contributed by atoms with E-state index in [1.807, 2.05) is 43.5 Å². The molecule has 2 aromatic heterocycles. The van der Waals surface area contributed by atoms with Gasteiger partial charge in [0.2, 0.25) is 5.91 Å². The van der Waals surface area contributed by atoms with Crippen LogP contribution in [-0.2, 0) is 10.2 Å². The molecule has 0 saturated heterocycles. The van der Waals surface area contributed by atoms with E-state index in [1.165, 1.54) is 0 Å². The second-order valence-corrected chi connectivity index (χ2v) is 7.73. The number of nitrogens with one attached hydrogen (secondary N) is 2. The van der Waals surface area contributed by atoms with Crippen LogP contribution in [0.2, 0.25) is 5.02 Å². The van der Waals surface area contributed by atoms with E-state index in [1.54, 1.807) is 10.7 Å². The average molecular weight is 372 g/mol. The summed E-state index contributed by atoms with van der Waals surface area (Å²) in [6, 6.07) is 11.1. The van der Waals surface area contributed by atoms with Crippen molar-refractivity contribution in [1.29, 1.82) is 0 Å². The van der Waals surface area contributed by atoms with Crippen molar-refractivity contribution in [3.8, 4) is 5.69 Å². The largest absolute Gasteiger partial charge is 0.309 e. The number of halogens is 1. The number of hydrogen-bond acceptors (Lipinski definition) is 3. The van der Waals surface area contributed by atoms with Gasteiger partial charge in [0.1, 0.15) is 0 Å². The molecule has 2 heterocycles. The Bertz CT molecular complexity index is 922. The normalized spacial score (nSPS) is 12.8. The quantitative estimate of drug-likeness (QED) is 0.718. The smallest absolute Gasteiger partial charge is 0.234 e. The van der Waals surface area contributed by atoms with E-state index < -0.39 is 5.92 Å². The van der Waals surface area contributed by atoms with Gasteiger partial charge in [-0.15, -0.1) is 0 Å². The number of aromatic amines is 1. The number of nitrogens with zero attached hydrogens (tertiary/aromatic N) is 3. The molecule has 3 aromatic rings. The third kappa shape index (κ3) is 3.96. The second-order valence-electron chi connectivity index (χ2n) is 7.29. The van der Waals surface area contributed by atoms with Crippen molar-refractivity contribution in [2.45, 2.75) is 39.0 Å². The first kappa shape index (κ1) is 18.2. The highest BCUT2D eigenvalue weighted by Gasteiger charge is 2.21.